The Morgan fingerprint density at radius 2 is 1.68 bits per heavy atom. The number of ether oxygens (including phenoxy) is 4. The van der Waals surface area contributed by atoms with Gasteiger partial charge in [0, 0.05) is 11.6 Å². The highest BCUT2D eigenvalue weighted by Crippen LogP contribution is 2.27. The monoisotopic (exact) mass is 561 g/mol. The Labute approximate surface area is 234 Å². The number of aromatic nitrogens is 2. The number of amides is 2. The van der Waals surface area contributed by atoms with Crippen molar-refractivity contribution < 1.29 is 28.5 Å². The number of carbonyl (C=O) groups is 2. The molecule has 0 fully saturated rings. The second-order valence-corrected chi connectivity index (χ2v) is 9.14. The molecular formula is C28H27N5O6S. The molecule has 0 bridgehead atoms. The van der Waals surface area contributed by atoms with Gasteiger partial charge in [-0.2, -0.15) is 5.10 Å². The SMILES string of the molecule is COc1cccc(OCCOc2ccc(C=NNC(=O)Cc3nnc(NC(=O)c4ccccc4)s3)cc2OC)c1. The summed E-state index contributed by atoms with van der Waals surface area (Å²) in [5.74, 6) is 1.78. The number of anilines is 1. The predicted octanol–water partition coefficient (Wildman–Crippen LogP) is 3.96. The number of nitrogens with zero attached hydrogens (tertiary/aromatic N) is 3. The van der Waals surface area contributed by atoms with E-state index in [1.165, 1.54) is 13.3 Å². The van der Waals surface area contributed by atoms with Crippen LogP contribution in [-0.2, 0) is 11.2 Å². The molecule has 2 amide bonds. The fourth-order valence-corrected chi connectivity index (χ4v) is 4.11. The van der Waals surface area contributed by atoms with E-state index >= 15 is 0 Å². The molecule has 11 nitrogen and oxygen atoms in total. The molecule has 0 aliphatic rings. The van der Waals surface area contributed by atoms with Crippen LogP contribution < -0.4 is 29.7 Å². The standard InChI is InChI=1S/C28H27N5O6S/c1-36-21-9-6-10-22(16-21)38-13-14-39-23-12-11-19(15-24(23)37-2)18-29-31-25(34)17-26-32-33-28(40-26)30-27(35)20-7-4-3-5-8-20/h3-12,15-16,18H,13-14,17H2,1-2H3,(H,31,34)(H,30,33,35). The van der Waals surface area contributed by atoms with E-state index < -0.39 is 0 Å². The summed E-state index contributed by atoms with van der Waals surface area (Å²) in [4.78, 5) is 24.5. The van der Waals surface area contributed by atoms with Crippen molar-refractivity contribution in [3.63, 3.8) is 0 Å². The minimum absolute atomic E-state index is 0.0376. The van der Waals surface area contributed by atoms with Gasteiger partial charge in [-0.05, 0) is 48.0 Å². The average Bonchev–Trinajstić information content (AvgIpc) is 3.42. The van der Waals surface area contributed by atoms with Crippen molar-refractivity contribution in [1.29, 1.82) is 0 Å². The second-order valence-electron chi connectivity index (χ2n) is 8.08. The summed E-state index contributed by atoms with van der Waals surface area (Å²) in [5.41, 5.74) is 3.65. The van der Waals surface area contributed by atoms with Crippen LogP contribution in [0.15, 0.2) is 77.9 Å². The maximum Gasteiger partial charge on any atom is 0.257 e. The third kappa shape index (κ3) is 8.27. The van der Waals surface area contributed by atoms with Crippen LogP contribution in [0.4, 0.5) is 5.13 Å². The molecule has 12 heteroatoms. The Morgan fingerprint density at radius 3 is 2.48 bits per heavy atom. The van der Waals surface area contributed by atoms with Crippen LogP contribution in [0.3, 0.4) is 0 Å². The van der Waals surface area contributed by atoms with Gasteiger partial charge < -0.3 is 18.9 Å². The summed E-state index contributed by atoms with van der Waals surface area (Å²) in [6, 6.07) is 21.3. The number of hydrogen-bond donors (Lipinski definition) is 2. The molecule has 4 aromatic rings. The van der Waals surface area contributed by atoms with Crippen LogP contribution in [0.1, 0.15) is 20.9 Å². The van der Waals surface area contributed by atoms with Crippen molar-refractivity contribution in [2.45, 2.75) is 6.42 Å². The van der Waals surface area contributed by atoms with E-state index in [0.717, 1.165) is 11.3 Å². The van der Waals surface area contributed by atoms with E-state index in [0.29, 0.717) is 57.5 Å². The van der Waals surface area contributed by atoms with E-state index in [1.807, 2.05) is 24.3 Å². The average molecular weight is 562 g/mol. The number of nitrogens with one attached hydrogen (secondary N) is 2. The van der Waals surface area contributed by atoms with Gasteiger partial charge in [0.05, 0.1) is 26.9 Å². The molecule has 0 atom stereocenters. The molecule has 0 aliphatic heterocycles. The number of benzene rings is 3. The van der Waals surface area contributed by atoms with Gasteiger partial charge in [-0.1, -0.05) is 35.6 Å². The molecular weight excluding hydrogens is 534 g/mol. The summed E-state index contributed by atoms with van der Waals surface area (Å²) in [6.07, 6.45) is 1.45. The highest BCUT2D eigenvalue weighted by atomic mass is 32.1. The summed E-state index contributed by atoms with van der Waals surface area (Å²) in [7, 11) is 3.14. The van der Waals surface area contributed by atoms with Crippen LogP contribution in [0, 0.1) is 0 Å². The van der Waals surface area contributed by atoms with Gasteiger partial charge in [0.15, 0.2) is 11.5 Å². The molecule has 0 radical (unpaired) electrons. The first-order valence-corrected chi connectivity index (χ1v) is 12.9. The third-order valence-electron chi connectivity index (χ3n) is 5.28. The van der Waals surface area contributed by atoms with E-state index in [9.17, 15) is 9.59 Å². The number of carbonyl (C=O) groups excluding carboxylic acids is 2. The molecule has 40 heavy (non-hydrogen) atoms. The molecule has 0 spiro atoms. The van der Waals surface area contributed by atoms with Gasteiger partial charge in [-0.15, -0.1) is 10.2 Å². The van der Waals surface area contributed by atoms with Crippen molar-refractivity contribution in [3.05, 3.63) is 88.9 Å². The summed E-state index contributed by atoms with van der Waals surface area (Å²) in [6.45, 7) is 0.640. The van der Waals surface area contributed by atoms with Crippen molar-refractivity contribution in [2.24, 2.45) is 5.10 Å². The molecule has 1 aromatic heterocycles. The fourth-order valence-electron chi connectivity index (χ4n) is 3.38. The van der Waals surface area contributed by atoms with Gasteiger partial charge in [-0.3, -0.25) is 14.9 Å². The number of hydrogen-bond acceptors (Lipinski definition) is 10. The van der Waals surface area contributed by atoms with Crippen molar-refractivity contribution in [3.8, 4) is 23.0 Å². The Morgan fingerprint density at radius 1 is 0.875 bits per heavy atom. The Bertz CT molecular complexity index is 1460. The van der Waals surface area contributed by atoms with Crippen LogP contribution in [-0.4, -0.2) is 55.7 Å². The molecule has 0 aliphatic carbocycles. The lowest BCUT2D eigenvalue weighted by Crippen LogP contribution is -2.19. The molecule has 2 N–H and O–H groups in total. The summed E-state index contributed by atoms with van der Waals surface area (Å²) in [5, 5.41) is 15.3. The quantitative estimate of drug-likeness (QED) is 0.142. The lowest BCUT2D eigenvalue weighted by atomic mass is 10.2. The zero-order chi connectivity index (χ0) is 28.2. The normalized spacial score (nSPS) is 10.7. The molecule has 0 unspecified atom stereocenters. The van der Waals surface area contributed by atoms with Crippen molar-refractivity contribution in [2.75, 3.05) is 32.8 Å². The van der Waals surface area contributed by atoms with Crippen molar-refractivity contribution >= 4 is 34.5 Å². The second kappa shape index (κ2) is 14.3. The van der Waals surface area contributed by atoms with Crippen LogP contribution in [0.5, 0.6) is 23.0 Å². The molecule has 0 saturated carbocycles. The van der Waals surface area contributed by atoms with E-state index in [2.05, 4.69) is 26.0 Å². The van der Waals surface area contributed by atoms with E-state index in [-0.39, 0.29) is 18.2 Å². The first kappa shape index (κ1) is 28.0. The highest BCUT2D eigenvalue weighted by molar-refractivity contribution is 7.15. The van der Waals surface area contributed by atoms with E-state index in [1.54, 1.807) is 55.6 Å². The first-order chi connectivity index (χ1) is 19.5. The Balaban J connectivity index is 1.22. The largest absolute Gasteiger partial charge is 0.497 e. The summed E-state index contributed by atoms with van der Waals surface area (Å²) < 4.78 is 22.1. The minimum atomic E-state index is -0.378. The maximum absolute atomic E-state index is 12.3. The van der Waals surface area contributed by atoms with Gasteiger partial charge in [0.1, 0.15) is 29.7 Å². The Hall–Kier alpha value is -4.97. The van der Waals surface area contributed by atoms with Gasteiger partial charge >= 0.3 is 0 Å². The molecule has 3 aromatic carbocycles. The van der Waals surface area contributed by atoms with E-state index in [4.69, 9.17) is 18.9 Å². The topological polar surface area (TPSA) is 133 Å². The van der Waals surface area contributed by atoms with Crippen LogP contribution in [0.2, 0.25) is 0 Å². The molecule has 0 saturated heterocycles. The van der Waals surface area contributed by atoms with Gasteiger partial charge in [-0.25, -0.2) is 5.43 Å². The number of rotatable bonds is 13. The van der Waals surface area contributed by atoms with Crippen molar-refractivity contribution in [1.82, 2.24) is 15.6 Å². The maximum atomic E-state index is 12.3. The number of hydrazone groups is 1. The van der Waals surface area contributed by atoms with Crippen LogP contribution in [0.25, 0.3) is 0 Å². The van der Waals surface area contributed by atoms with Gasteiger partial charge in [0.25, 0.3) is 5.91 Å². The van der Waals surface area contributed by atoms with Crippen LogP contribution >= 0.6 is 11.3 Å². The molecule has 1 heterocycles. The molecule has 4 rings (SSSR count). The predicted molar refractivity (Wildman–Crippen MR) is 151 cm³/mol. The zero-order valence-electron chi connectivity index (χ0n) is 21.8. The zero-order valence-corrected chi connectivity index (χ0v) is 22.6. The fraction of sp³-hybridized carbons (Fsp3) is 0.179. The summed E-state index contributed by atoms with van der Waals surface area (Å²) >= 11 is 1.12. The highest BCUT2D eigenvalue weighted by Gasteiger charge is 2.12. The number of methoxy groups -OCH3 is 2. The smallest absolute Gasteiger partial charge is 0.257 e. The molecule has 206 valence electrons. The minimum Gasteiger partial charge on any atom is -0.497 e. The lowest BCUT2D eigenvalue weighted by Gasteiger charge is -2.12. The first-order valence-electron chi connectivity index (χ1n) is 12.1. The third-order valence-corrected chi connectivity index (χ3v) is 6.12. The lowest BCUT2D eigenvalue weighted by molar-refractivity contribution is -0.120. The Kier molecular flexibility index (Phi) is 10.00. The van der Waals surface area contributed by atoms with Gasteiger partial charge in [0.2, 0.25) is 11.0 Å².